The van der Waals surface area contributed by atoms with Crippen LogP contribution in [0.5, 0.6) is 0 Å². The van der Waals surface area contributed by atoms with Gasteiger partial charge in [0.15, 0.2) is 0 Å². The van der Waals surface area contributed by atoms with E-state index in [1.165, 1.54) is 32.5 Å². The van der Waals surface area contributed by atoms with E-state index in [1.54, 1.807) is 0 Å². The molecule has 3 nitrogen and oxygen atoms in total. The molecule has 0 spiro atoms. The highest BCUT2D eigenvalue weighted by atomic mass is 16.1. The third-order valence-corrected chi connectivity index (χ3v) is 4.88. The first-order valence-electron chi connectivity index (χ1n) is 8.07. The standard InChI is InChI=1S/C16H30N2O/c1-4-5-17-6-8-18(9-7-17)12-15-14(3)10-13(2)11-16(15)19/h13-15H,4-12H2,1-3H3. The zero-order valence-electron chi connectivity index (χ0n) is 12.9. The Morgan fingerprint density at radius 3 is 2.32 bits per heavy atom. The van der Waals surface area contributed by atoms with Crippen molar-refractivity contribution >= 4 is 5.78 Å². The molecule has 3 unspecified atom stereocenters. The van der Waals surface area contributed by atoms with Gasteiger partial charge in [-0.3, -0.25) is 4.79 Å². The van der Waals surface area contributed by atoms with Crippen LogP contribution in [0.4, 0.5) is 0 Å². The topological polar surface area (TPSA) is 23.6 Å². The second-order valence-electron chi connectivity index (χ2n) is 6.74. The highest BCUT2D eigenvalue weighted by Gasteiger charge is 2.33. The van der Waals surface area contributed by atoms with Crippen molar-refractivity contribution in [1.82, 2.24) is 9.80 Å². The fourth-order valence-corrected chi connectivity index (χ4v) is 3.77. The normalized spacial score (nSPS) is 34.7. The maximum absolute atomic E-state index is 12.2. The van der Waals surface area contributed by atoms with E-state index in [-0.39, 0.29) is 0 Å². The molecule has 3 atom stereocenters. The summed E-state index contributed by atoms with van der Waals surface area (Å²) >= 11 is 0. The van der Waals surface area contributed by atoms with E-state index >= 15 is 0 Å². The number of hydrogen-bond acceptors (Lipinski definition) is 3. The minimum Gasteiger partial charge on any atom is -0.301 e. The van der Waals surface area contributed by atoms with Crippen molar-refractivity contribution in [3.63, 3.8) is 0 Å². The van der Waals surface area contributed by atoms with E-state index in [4.69, 9.17) is 0 Å². The van der Waals surface area contributed by atoms with E-state index in [0.717, 1.165) is 26.1 Å². The molecular weight excluding hydrogens is 236 g/mol. The molecule has 0 aromatic rings. The van der Waals surface area contributed by atoms with E-state index in [1.807, 2.05) is 0 Å². The predicted octanol–water partition coefficient (Wildman–Crippen LogP) is 2.27. The zero-order chi connectivity index (χ0) is 13.8. The van der Waals surface area contributed by atoms with Gasteiger partial charge in [0.25, 0.3) is 0 Å². The van der Waals surface area contributed by atoms with Crippen molar-refractivity contribution in [1.29, 1.82) is 0 Å². The van der Waals surface area contributed by atoms with Crippen LogP contribution >= 0.6 is 0 Å². The largest absolute Gasteiger partial charge is 0.301 e. The average Bonchev–Trinajstić information content (AvgIpc) is 2.36. The Morgan fingerprint density at radius 2 is 1.74 bits per heavy atom. The van der Waals surface area contributed by atoms with Crippen LogP contribution in [0.2, 0.25) is 0 Å². The van der Waals surface area contributed by atoms with Crippen LogP contribution in [-0.2, 0) is 4.79 Å². The molecule has 1 saturated heterocycles. The minimum atomic E-state index is 0.300. The summed E-state index contributed by atoms with van der Waals surface area (Å²) in [7, 11) is 0. The second kappa shape index (κ2) is 6.85. The Balaban J connectivity index is 1.80. The van der Waals surface area contributed by atoms with Crippen molar-refractivity contribution < 1.29 is 4.79 Å². The predicted molar refractivity (Wildman–Crippen MR) is 79.2 cm³/mol. The molecule has 3 heteroatoms. The van der Waals surface area contributed by atoms with Gasteiger partial charge in [0, 0.05) is 45.1 Å². The summed E-state index contributed by atoms with van der Waals surface area (Å²) in [5.74, 6) is 1.99. The highest BCUT2D eigenvalue weighted by Crippen LogP contribution is 2.31. The molecule has 0 aromatic carbocycles. The van der Waals surface area contributed by atoms with Crippen molar-refractivity contribution in [3.8, 4) is 0 Å². The summed E-state index contributed by atoms with van der Waals surface area (Å²) in [6.45, 7) is 13.6. The number of Topliss-reactive ketones (excluding diaryl/α,β-unsaturated/α-hetero) is 1. The molecule has 2 fully saturated rings. The van der Waals surface area contributed by atoms with Crippen LogP contribution in [0.25, 0.3) is 0 Å². The van der Waals surface area contributed by atoms with Gasteiger partial charge in [-0.25, -0.2) is 0 Å². The molecule has 19 heavy (non-hydrogen) atoms. The van der Waals surface area contributed by atoms with Crippen LogP contribution in [-0.4, -0.2) is 54.9 Å². The minimum absolute atomic E-state index is 0.300. The monoisotopic (exact) mass is 266 g/mol. The lowest BCUT2D eigenvalue weighted by molar-refractivity contribution is -0.128. The molecule has 0 N–H and O–H groups in total. The number of rotatable bonds is 4. The molecule has 1 heterocycles. The van der Waals surface area contributed by atoms with Gasteiger partial charge < -0.3 is 9.80 Å². The molecule has 1 aliphatic heterocycles. The first-order chi connectivity index (χ1) is 9.10. The van der Waals surface area contributed by atoms with Gasteiger partial charge in [0.1, 0.15) is 5.78 Å². The third kappa shape index (κ3) is 4.03. The molecular formula is C16H30N2O. The summed E-state index contributed by atoms with van der Waals surface area (Å²) in [6.07, 6.45) is 3.28. The van der Waals surface area contributed by atoms with Gasteiger partial charge in [-0.1, -0.05) is 20.8 Å². The Hall–Kier alpha value is -0.410. The van der Waals surface area contributed by atoms with Crippen LogP contribution in [0, 0.1) is 17.8 Å². The molecule has 2 rings (SSSR count). The number of ketones is 1. The van der Waals surface area contributed by atoms with Crippen molar-refractivity contribution in [2.45, 2.75) is 40.0 Å². The number of hydrogen-bond donors (Lipinski definition) is 0. The first-order valence-corrected chi connectivity index (χ1v) is 8.07. The fraction of sp³-hybridized carbons (Fsp3) is 0.938. The zero-order valence-corrected chi connectivity index (χ0v) is 12.9. The van der Waals surface area contributed by atoms with Crippen LogP contribution < -0.4 is 0 Å². The first kappa shape index (κ1) is 15.0. The molecule has 2 aliphatic rings. The van der Waals surface area contributed by atoms with E-state index in [0.29, 0.717) is 23.5 Å². The Kier molecular flexibility index (Phi) is 5.40. The number of piperazine rings is 1. The molecule has 1 saturated carbocycles. The quantitative estimate of drug-likeness (QED) is 0.780. The molecule has 110 valence electrons. The van der Waals surface area contributed by atoms with E-state index < -0.39 is 0 Å². The average molecular weight is 266 g/mol. The van der Waals surface area contributed by atoms with Crippen LogP contribution in [0.15, 0.2) is 0 Å². The summed E-state index contributed by atoms with van der Waals surface area (Å²) < 4.78 is 0. The maximum Gasteiger partial charge on any atom is 0.137 e. The van der Waals surface area contributed by atoms with Gasteiger partial charge in [0.05, 0.1) is 0 Å². The maximum atomic E-state index is 12.2. The summed E-state index contributed by atoms with van der Waals surface area (Å²) in [5, 5.41) is 0. The number of carbonyl (C=O) groups excluding carboxylic acids is 1. The van der Waals surface area contributed by atoms with Gasteiger partial charge >= 0.3 is 0 Å². The van der Waals surface area contributed by atoms with Crippen molar-refractivity contribution in [2.24, 2.45) is 17.8 Å². The second-order valence-corrected chi connectivity index (χ2v) is 6.74. The molecule has 0 radical (unpaired) electrons. The van der Waals surface area contributed by atoms with Gasteiger partial charge in [-0.15, -0.1) is 0 Å². The van der Waals surface area contributed by atoms with E-state index in [9.17, 15) is 4.79 Å². The molecule has 0 amide bonds. The lowest BCUT2D eigenvalue weighted by Crippen LogP contribution is -2.50. The highest BCUT2D eigenvalue weighted by molar-refractivity contribution is 5.82. The summed E-state index contributed by atoms with van der Waals surface area (Å²) in [6, 6.07) is 0. The number of nitrogens with zero attached hydrogens (tertiary/aromatic N) is 2. The van der Waals surface area contributed by atoms with Gasteiger partial charge in [-0.05, 0) is 31.2 Å². The Bertz CT molecular complexity index is 297. The Morgan fingerprint density at radius 1 is 1.11 bits per heavy atom. The summed E-state index contributed by atoms with van der Waals surface area (Å²) in [4.78, 5) is 17.3. The van der Waals surface area contributed by atoms with Gasteiger partial charge in [-0.2, -0.15) is 0 Å². The Labute approximate surface area is 118 Å². The molecule has 1 aliphatic carbocycles. The van der Waals surface area contributed by atoms with E-state index in [2.05, 4.69) is 30.6 Å². The van der Waals surface area contributed by atoms with Crippen molar-refractivity contribution in [3.05, 3.63) is 0 Å². The van der Waals surface area contributed by atoms with Crippen molar-refractivity contribution in [2.75, 3.05) is 39.3 Å². The lowest BCUT2D eigenvalue weighted by Gasteiger charge is -2.39. The third-order valence-electron chi connectivity index (χ3n) is 4.88. The fourth-order valence-electron chi connectivity index (χ4n) is 3.77. The summed E-state index contributed by atoms with van der Waals surface area (Å²) in [5.41, 5.74) is 0. The number of carbonyl (C=O) groups is 1. The lowest BCUT2D eigenvalue weighted by atomic mass is 9.74. The SMILES string of the molecule is CCCN1CCN(CC2C(=O)CC(C)CC2C)CC1. The van der Waals surface area contributed by atoms with Crippen LogP contribution in [0.3, 0.4) is 0 Å². The van der Waals surface area contributed by atoms with Gasteiger partial charge in [0.2, 0.25) is 0 Å². The molecule has 0 bridgehead atoms. The smallest absolute Gasteiger partial charge is 0.137 e. The van der Waals surface area contributed by atoms with Crippen LogP contribution in [0.1, 0.15) is 40.0 Å². The molecule has 0 aromatic heterocycles.